The largest absolute Gasteiger partial charge is 0.310 e. The van der Waals surface area contributed by atoms with Crippen molar-refractivity contribution in [3.63, 3.8) is 0 Å². The molecule has 1 unspecified atom stereocenters. The van der Waals surface area contributed by atoms with Crippen LogP contribution < -0.4 is 10.9 Å². The quantitative estimate of drug-likeness (QED) is 0.459. The number of thiophene rings is 1. The van der Waals surface area contributed by atoms with Gasteiger partial charge in [0, 0.05) is 36.4 Å². The first-order chi connectivity index (χ1) is 15.7. The molecule has 32 heavy (non-hydrogen) atoms. The Labute approximate surface area is 190 Å². The van der Waals surface area contributed by atoms with Gasteiger partial charge in [0.1, 0.15) is 10.6 Å². The highest BCUT2D eigenvalue weighted by Gasteiger charge is 2.25. The molecule has 3 aromatic heterocycles. The zero-order chi connectivity index (χ0) is 21.9. The lowest BCUT2D eigenvalue weighted by Gasteiger charge is -2.23. The molecular weight excluding hydrogens is 423 g/mol. The van der Waals surface area contributed by atoms with Gasteiger partial charge in [-0.3, -0.25) is 14.3 Å². The summed E-state index contributed by atoms with van der Waals surface area (Å²) in [6.45, 7) is 1.30. The second-order valence-electron chi connectivity index (χ2n) is 8.34. The van der Waals surface area contributed by atoms with Crippen molar-refractivity contribution >= 4 is 21.6 Å². The van der Waals surface area contributed by atoms with Crippen molar-refractivity contribution in [1.29, 1.82) is 0 Å². The monoisotopic (exact) mass is 448 g/mol. The minimum Gasteiger partial charge on any atom is -0.310 e. The number of hydrogen-bond acceptors (Lipinski definition) is 5. The molecule has 1 atom stereocenters. The Morgan fingerprint density at radius 3 is 2.91 bits per heavy atom. The first-order valence-electron chi connectivity index (χ1n) is 11.0. The first kappa shape index (κ1) is 21.0. The maximum Gasteiger partial charge on any atom is 0.262 e. The van der Waals surface area contributed by atoms with E-state index < -0.39 is 0 Å². The molecule has 5 nitrogen and oxygen atoms in total. The Bertz CT molecular complexity index is 1280. The van der Waals surface area contributed by atoms with Gasteiger partial charge in [0.05, 0.1) is 11.7 Å². The second kappa shape index (κ2) is 9.30. The van der Waals surface area contributed by atoms with Gasteiger partial charge in [0.2, 0.25) is 0 Å². The number of nitrogens with zero attached hydrogens (tertiary/aromatic N) is 3. The fourth-order valence-corrected chi connectivity index (χ4v) is 5.70. The topological polar surface area (TPSA) is 59.8 Å². The van der Waals surface area contributed by atoms with Crippen LogP contribution in [0.4, 0.5) is 4.39 Å². The minimum atomic E-state index is -0.206. The molecule has 0 bridgehead atoms. The molecule has 164 valence electrons. The molecule has 0 saturated heterocycles. The molecule has 0 radical (unpaired) electrons. The molecule has 4 aromatic rings. The number of aryl methyl sites for hydroxylation is 3. The van der Waals surface area contributed by atoms with E-state index in [4.69, 9.17) is 0 Å². The lowest BCUT2D eigenvalue weighted by Crippen LogP contribution is -2.33. The van der Waals surface area contributed by atoms with Gasteiger partial charge in [0.25, 0.3) is 5.56 Å². The maximum absolute atomic E-state index is 13.4. The Morgan fingerprint density at radius 2 is 2.06 bits per heavy atom. The number of hydrogen-bond donors (Lipinski definition) is 1. The number of aromatic nitrogens is 3. The predicted octanol–water partition coefficient (Wildman–Crippen LogP) is 4.27. The predicted molar refractivity (Wildman–Crippen MR) is 125 cm³/mol. The van der Waals surface area contributed by atoms with Crippen molar-refractivity contribution < 1.29 is 4.39 Å². The Morgan fingerprint density at radius 1 is 1.19 bits per heavy atom. The molecule has 1 aliphatic rings. The first-order valence-corrected chi connectivity index (χ1v) is 11.9. The number of pyridine rings is 1. The Balaban J connectivity index is 1.28. The second-order valence-corrected chi connectivity index (χ2v) is 9.42. The summed E-state index contributed by atoms with van der Waals surface area (Å²) in [5.41, 5.74) is 3.43. The summed E-state index contributed by atoms with van der Waals surface area (Å²) in [5, 5.41) is 4.36. The molecule has 1 aromatic carbocycles. The van der Waals surface area contributed by atoms with Crippen molar-refractivity contribution in [3.8, 4) is 0 Å². The van der Waals surface area contributed by atoms with E-state index in [0.717, 1.165) is 47.9 Å². The Hall–Kier alpha value is -2.90. The highest BCUT2D eigenvalue weighted by Crippen LogP contribution is 2.33. The smallest absolute Gasteiger partial charge is 0.262 e. The number of benzene rings is 1. The molecule has 0 saturated carbocycles. The van der Waals surface area contributed by atoms with Crippen LogP contribution in [0.5, 0.6) is 0 Å². The van der Waals surface area contributed by atoms with Crippen LogP contribution in [0.25, 0.3) is 10.2 Å². The zero-order valence-corrected chi connectivity index (χ0v) is 18.6. The summed E-state index contributed by atoms with van der Waals surface area (Å²) in [6, 6.07) is 11.1. The summed E-state index contributed by atoms with van der Waals surface area (Å²) in [7, 11) is 0. The fourth-order valence-electron chi connectivity index (χ4n) is 4.45. The average molecular weight is 449 g/mol. The molecule has 0 aliphatic heterocycles. The van der Waals surface area contributed by atoms with Gasteiger partial charge in [0.15, 0.2) is 0 Å². The highest BCUT2D eigenvalue weighted by atomic mass is 32.1. The van der Waals surface area contributed by atoms with Crippen molar-refractivity contribution in [2.45, 2.75) is 51.2 Å². The van der Waals surface area contributed by atoms with Crippen molar-refractivity contribution in [2.24, 2.45) is 0 Å². The SMILES string of the molecule is O=c1c2c3c(sc2ncn1CCCc1ccncc1)CC(NCc1cccc(F)c1)CC3. The van der Waals surface area contributed by atoms with Crippen LogP contribution in [0.15, 0.2) is 59.9 Å². The fraction of sp³-hybridized carbons (Fsp3) is 0.320. The van der Waals surface area contributed by atoms with E-state index in [0.29, 0.717) is 19.1 Å². The summed E-state index contributed by atoms with van der Waals surface area (Å²) in [4.78, 5) is 23.9. The lowest BCUT2D eigenvalue weighted by molar-refractivity contribution is 0.462. The van der Waals surface area contributed by atoms with Gasteiger partial charge in [-0.1, -0.05) is 12.1 Å². The molecule has 3 heterocycles. The molecule has 1 aliphatic carbocycles. The summed E-state index contributed by atoms with van der Waals surface area (Å²) >= 11 is 1.64. The van der Waals surface area contributed by atoms with Gasteiger partial charge in [-0.05, 0) is 73.1 Å². The number of nitrogens with one attached hydrogen (secondary N) is 1. The summed E-state index contributed by atoms with van der Waals surface area (Å²) in [5.74, 6) is -0.206. The van der Waals surface area contributed by atoms with Gasteiger partial charge in [-0.2, -0.15) is 0 Å². The van der Waals surface area contributed by atoms with Crippen LogP contribution in [0.2, 0.25) is 0 Å². The van der Waals surface area contributed by atoms with Crippen molar-refractivity contribution in [1.82, 2.24) is 19.9 Å². The van der Waals surface area contributed by atoms with Gasteiger partial charge in [-0.15, -0.1) is 11.3 Å². The third-order valence-corrected chi connectivity index (χ3v) is 7.30. The minimum absolute atomic E-state index is 0.0772. The van der Waals surface area contributed by atoms with E-state index in [9.17, 15) is 9.18 Å². The molecule has 0 spiro atoms. The Kier molecular flexibility index (Phi) is 6.10. The van der Waals surface area contributed by atoms with Gasteiger partial charge < -0.3 is 5.32 Å². The van der Waals surface area contributed by atoms with Crippen molar-refractivity contribution in [2.75, 3.05) is 0 Å². The molecule has 7 heteroatoms. The zero-order valence-electron chi connectivity index (χ0n) is 17.8. The third-order valence-electron chi connectivity index (χ3n) is 6.13. The van der Waals surface area contributed by atoms with Crippen molar-refractivity contribution in [3.05, 3.63) is 92.9 Å². The van der Waals surface area contributed by atoms with E-state index in [2.05, 4.69) is 15.3 Å². The number of fused-ring (bicyclic) bond motifs is 3. The van der Waals surface area contributed by atoms with Crippen LogP contribution >= 0.6 is 11.3 Å². The molecule has 5 rings (SSSR count). The third kappa shape index (κ3) is 4.49. The standard InChI is InChI=1S/C25H25FN4OS/c26-19-5-1-3-18(13-19)15-28-20-6-7-21-22(14-20)32-24-23(21)25(31)30(16-29-24)12-2-4-17-8-10-27-11-9-17/h1,3,5,8-11,13,16,20,28H,2,4,6-7,12,14-15H2. The molecular formula is C25H25FN4OS. The number of halogens is 1. The highest BCUT2D eigenvalue weighted by molar-refractivity contribution is 7.18. The van der Waals surface area contributed by atoms with Gasteiger partial charge in [-0.25, -0.2) is 9.37 Å². The van der Waals surface area contributed by atoms with E-state index in [1.807, 2.05) is 18.2 Å². The number of rotatable bonds is 7. The maximum atomic E-state index is 13.4. The van der Waals surface area contributed by atoms with Crippen LogP contribution in [0.1, 0.15) is 34.4 Å². The van der Waals surface area contributed by atoms with Crippen LogP contribution in [-0.4, -0.2) is 20.6 Å². The summed E-state index contributed by atoms with van der Waals surface area (Å²) < 4.78 is 15.2. The molecule has 0 amide bonds. The van der Waals surface area contributed by atoms with E-state index in [1.165, 1.54) is 22.1 Å². The lowest BCUT2D eigenvalue weighted by atomic mass is 9.93. The molecule has 0 fully saturated rings. The van der Waals surface area contributed by atoms with Crippen LogP contribution in [0, 0.1) is 5.82 Å². The van der Waals surface area contributed by atoms with E-state index >= 15 is 0 Å². The molecule has 1 N–H and O–H groups in total. The van der Waals surface area contributed by atoms with Crippen LogP contribution in [-0.2, 0) is 32.4 Å². The van der Waals surface area contributed by atoms with Crippen LogP contribution in [0.3, 0.4) is 0 Å². The van der Waals surface area contributed by atoms with Gasteiger partial charge >= 0.3 is 0 Å². The average Bonchev–Trinajstić information content (AvgIpc) is 3.18. The summed E-state index contributed by atoms with van der Waals surface area (Å²) in [6.07, 6.45) is 9.80. The van der Waals surface area contributed by atoms with E-state index in [-0.39, 0.29) is 11.4 Å². The normalized spacial score (nSPS) is 15.7. The van der Waals surface area contributed by atoms with E-state index in [1.54, 1.807) is 46.8 Å².